The Kier molecular flexibility index (Phi) is 2.55. The number of carbonyl (C=O) groups excluding carboxylic acids is 1. The van der Waals surface area contributed by atoms with Crippen molar-refractivity contribution < 1.29 is 9.90 Å². The number of para-hydroxylation sites is 1. The number of phenolic OH excluding ortho intramolecular Hbond substituents is 1. The summed E-state index contributed by atoms with van der Waals surface area (Å²) < 4.78 is 3.49. The summed E-state index contributed by atoms with van der Waals surface area (Å²) in [5.41, 5.74) is 0.188. The molecule has 0 radical (unpaired) electrons. The van der Waals surface area contributed by atoms with Crippen LogP contribution in [-0.4, -0.2) is 25.8 Å². The fraction of sp³-hybridized carbons (Fsp3) is 0. The molecule has 0 unspecified atom stereocenters. The van der Waals surface area contributed by atoms with E-state index >= 15 is 0 Å². The number of phenols is 1. The van der Waals surface area contributed by atoms with E-state index < -0.39 is 5.91 Å². The number of aromatic nitrogens is 3. The standard InChI is InChI=1S/C8H6N4O2S/c13-6-4-2-1-3-5(6)7(14)9-8-10-11-12-15-8/h1-4,13H,(H,9,10,12,14). The van der Waals surface area contributed by atoms with Gasteiger partial charge in [-0.25, -0.2) is 0 Å². The highest BCUT2D eigenvalue weighted by Gasteiger charge is 2.11. The lowest BCUT2D eigenvalue weighted by molar-refractivity contribution is 0.102. The largest absolute Gasteiger partial charge is 0.507 e. The predicted octanol–water partition coefficient (Wildman–Crippen LogP) is 0.891. The molecule has 1 aromatic carbocycles. The maximum absolute atomic E-state index is 11.6. The molecule has 0 atom stereocenters. The first kappa shape index (κ1) is 9.53. The zero-order valence-electron chi connectivity index (χ0n) is 7.41. The van der Waals surface area contributed by atoms with E-state index in [2.05, 4.69) is 20.1 Å². The number of hydrogen-bond donors (Lipinski definition) is 2. The Hall–Kier alpha value is -2.02. The summed E-state index contributed by atoms with van der Waals surface area (Å²) in [5, 5.41) is 19.0. The summed E-state index contributed by atoms with van der Waals surface area (Å²) in [6, 6.07) is 6.25. The van der Waals surface area contributed by atoms with Crippen molar-refractivity contribution in [1.29, 1.82) is 0 Å². The number of nitrogens with zero attached hydrogens (tertiary/aromatic N) is 3. The highest BCUT2D eigenvalue weighted by Crippen LogP contribution is 2.17. The minimum absolute atomic E-state index is 0.0764. The number of rotatable bonds is 2. The monoisotopic (exact) mass is 222 g/mol. The third kappa shape index (κ3) is 2.08. The molecule has 0 spiro atoms. The molecule has 1 amide bonds. The van der Waals surface area contributed by atoms with Crippen LogP contribution in [0.3, 0.4) is 0 Å². The average Bonchev–Trinajstić information content (AvgIpc) is 2.71. The van der Waals surface area contributed by atoms with Crippen molar-refractivity contribution in [2.45, 2.75) is 0 Å². The molecule has 0 bridgehead atoms. The van der Waals surface area contributed by atoms with Crippen molar-refractivity contribution in [2.24, 2.45) is 0 Å². The smallest absolute Gasteiger partial charge is 0.261 e. The van der Waals surface area contributed by atoms with Crippen LogP contribution in [0.15, 0.2) is 24.3 Å². The summed E-state index contributed by atoms with van der Waals surface area (Å²) >= 11 is 0.966. The second-order valence-electron chi connectivity index (χ2n) is 2.64. The molecule has 2 rings (SSSR count). The number of nitrogens with one attached hydrogen (secondary N) is 1. The number of anilines is 1. The maximum atomic E-state index is 11.6. The van der Waals surface area contributed by atoms with Gasteiger partial charge in [0.25, 0.3) is 5.91 Å². The van der Waals surface area contributed by atoms with E-state index in [4.69, 9.17) is 0 Å². The van der Waals surface area contributed by atoms with Crippen molar-refractivity contribution in [3.05, 3.63) is 29.8 Å². The molecule has 2 N–H and O–H groups in total. The van der Waals surface area contributed by atoms with Gasteiger partial charge in [-0.05, 0) is 17.3 Å². The third-order valence-electron chi connectivity index (χ3n) is 1.67. The first-order chi connectivity index (χ1) is 7.27. The number of aromatic hydroxyl groups is 1. The third-order valence-corrected chi connectivity index (χ3v) is 2.18. The van der Waals surface area contributed by atoms with E-state index in [9.17, 15) is 9.90 Å². The summed E-state index contributed by atoms with van der Waals surface area (Å²) in [7, 11) is 0. The van der Waals surface area contributed by atoms with Gasteiger partial charge in [0, 0.05) is 11.5 Å². The van der Waals surface area contributed by atoms with Gasteiger partial charge in [0.2, 0.25) is 5.13 Å². The quantitative estimate of drug-likeness (QED) is 0.787. The van der Waals surface area contributed by atoms with Crippen molar-refractivity contribution >= 4 is 22.6 Å². The van der Waals surface area contributed by atoms with Crippen molar-refractivity contribution in [3.63, 3.8) is 0 Å². The van der Waals surface area contributed by atoms with Crippen molar-refractivity contribution in [3.8, 4) is 5.75 Å². The van der Waals surface area contributed by atoms with Gasteiger partial charge in [0.15, 0.2) is 0 Å². The zero-order valence-corrected chi connectivity index (χ0v) is 8.23. The minimum Gasteiger partial charge on any atom is -0.507 e. The lowest BCUT2D eigenvalue weighted by Crippen LogP contribution is -2.11. The highest BCUT2D eigenvalue weighted by molar-refractivity contribution is 7.09. The molecule has 0 saturated carbocycles. The fourth-order valence-electron chi connectivity index (χ4n) is 1.01. The number of carbonyl (C=O) groups is 1. The second-order valence-corrected chi connectivity index (χ2v) is 3.37. The van der Waals surface area contributed by atoms with Gasteiger partial charge in [-0.2, -0.15) is 0 Å². The van der Waals surface area contributed by atoms with Crippen LogP contribution in [-0.2, 0) is 0 Å². The van der Waals surface area contributed by atoms with Gasteiger partial charge in [-0.3, -0.25) is 10.1 Å². The molecule has 1 heterocycles. The normalized spacial score (nSPS) is 9.87. The maximum Gasteiger partial charge on any atom is 0.261 e. The van der Waals surface area contributed by atoms with E-state index in [1.165, 1.54) is 12.1 Å². The molecule has 0 saturated heterocycles. The number of amides is 1. The van der Waals surface area contributed by atoms with Gasteiger partial charge in [0.1, 0.15) is 5.75 Å². The molecular formula is C8H6N4O2S. The van der Waals surface area contributed by atoms with Gasteiger partial charge in [-0.1, -0.05) is 21.7 Å². The lowest BCUT2D eigenvalue weighted by atomic mass is 10.2. The van der Waals surface area contributed by atoms with Crippen LogP contribution < -0.4 is 5.32 Å². The van der Waals surface area contributed by atoms with Crippen LogP contribution >= 0.6 is 11.5 Å². The molecule has 0 aliphatic heterocycles. The Morgan fingerprint density at radius 2 is 2.20 bits per heavy atom. The van der Waals surface area contributed by atoms with Crippen LogP contribution in [0, 0.1) is 0 Å². The van der Waals surface area contributed by atoms with Crippen LogP contribution in [0.2, 0.25) is 0 Å². The molecule has 1 aromatic heterocycles. The first-order valence-corrected chi connectivity index (χ1v) is 4.79. The van der Waals surface area contributed by atoms with E-state index in [-0.39, 0.29) is 11.3 Å². The summed E-state index contributed by atoms with van der Waals surface area (Å²) in [6.45, 7) is 0. The first-order valence-electron chi connectivity index (χ1n) is 4.02. The fourth-order valence-corrected chi connectivity index (χ4v) is 1.37. The molecule has 15 heavy (non-hydrogen) atoms. The number of benzene rings is 1. The van der Waals surface area contributed by atoms with Gasteiger partial charge in [-0.15, -0.1) is 0 Å². The molecule has 0 aliphatic carbocycles. The Labute approximate surface area is 88.7 Å². The summed E-state index contributed by atoms with van der Waals surface area (Å²) in [6.07, 6.45) is 0. The van der Waals surface area contributed by atoms with Crippen LogP contribution in [0.25, 0.3) is 0 Å². The Morgan fingerprint density at radius 3 is 2.87 bits per heavy atom. The van der Waals surface area contributed by atoms with E-state index in [0.717, 1.165) is 11.5 Å². The van der Waals surface area contributed by atoms with Crippen molar-refractivity contribution in [2.75, 3.05) is 5.32 Å². The zero-order chi connectivity index (χ0) is 10.7. The minimum atomic E-state index is -0.438. The molecule has 0 aliphatic rings. The number of hydrogen-bond acceptors (Lipinski definition) is 6. The molecule has 6 nitrogen and oxygen atoms in total. The molecule has 76 valence electrons. The van der Waals surface area contributed by atoms with E-state index in [0.29, 0.717) is 5.13 Å². The second kappa shape index (κ2) is 4.01. The summed E-state index contributed by atoms with van der Waals surface area (Å²) in [4.78, 5) is 11.6. The van der Waals surface area contributed by atoms with Crippen LogP contribution in [0.1, 0.15) is 10.4 Å². The highest BCUT2D eigenvalue weighted by atomic mass is 32.1. The van der Waals surface area contributed by atoms with Gasteiger partial charge in [0.05, 0.1) is 5.56 Å². The molecule has 0 fully saturated rings. The molecular weight excluding hydrogens is 216 g/mol. The Morgan fingerprint density at radius 1 is 1.40 bits per heavy atom. The lowest BCUT2D eigenvalue weighted by Gasteiger charge is -2.02. The van der Waals surface area contributed by atoms with Gasteiger partial charge < -0.3 is 5.11 Å². The van der Waals surface area contributed by atoms with Gasteiger partial charge >= 0.3 is 0 Å². The Balaban J connectivity index is 2.19. The molecule has 2 aromatic rings. The average molecular weight is 222 g/mol. The van der Waals surface area contributed by atoms with E-state index in [1.807, 2.05) is 0 Å². The summed E-state index contributed by atoms with van der Waals surface area (Å²) in [5.74, 6) is -0.515. The Bertz CT molecular complexity index is 471. The predicted molar refractivity (Wildman–Crippen MR) is 53.8 cm³/mol. The van der Waals surface area contributed by atoms with Crippen molar-refractivity contribution in [1.82, 2.24) is 14.8 Å². The van der Waals surface area contributed by atoms with E-state index in [1.54, 1.807) is 12.1 Å². The van der Waals surface area contributed by atoms with Crippen LogP contribution in [0.5, 0.6) is 5.75 Å². The van der Waals surface area contributed by atoms with Crippen LogP contribution in [0.4, 0.5) is 5.13 Å². The SMILES string of the molecule is O=C(Nc1nnns1)c1ccccc1O. The topological polar surface area (TPSA) is 88.0 Å². The molecule has 7 heteroatoms.